The lowest BCUT2D eigenvalue weighted by molar-refractivity contribution is 1.07. The molecule has 6 heteroatoms. The highest BCUT2D eigenvalue weighted by atomic mass is 79.9. The zero-order valence-corrected chi connectivity index (χ0v) is 10.7. The van der Waals surface area contributed by atoms with Gasteiger partial charge in [-0.1, -0.05) is 11.3 Å². The molecule has 2 aromatic rings. The molecule has 0 spiro atoms. The van der Waals surface area contributed by atoms with E-state index in [2.05, 4.69) is 31.4 Å². The van der Waals surface area contributed by atoms with Crippen LogP contribution in [0.3, 0.4) is 0 Å². The van der Waals surface area contributed by atoms with Crippen molar-refractivity contribution in [2.45, 2.75) is 6.92 Å². The van der Waals surface area contributed by atoms with Gasteiger partial charge in [-0.05, 0) is 35.0 Å². The molecule has 74 valence electrons. The number of halogens is 1. The molecule has 2 aromatic heterocycles. The van der Waals surface area contributed by atoms with Gasteiger partial charge in [0.2, 0.25) is 5.13 Å². The molecule has 0 saturated heterocycles. The van der Waals surface area contributed by atoms with Gasteiger partial charge < -0.3 is 5.32 Å². The van der Waals surface area contributed by atoms with Gasteiger partial charge in [0.1, 0.15) is 0 Å². The first-order chi connectivity index (χ1) is 6.79. The summed E-state index contributed by atoms with van der Waals surface area (Å²) in [6.45, 7) is 2.92. The number of hydrogen-bond donors (Lipinski definition) is 1. The Hall–Kier alpha value is -0.460. The van der Waals surface area contributed by atoms with Crippen molar-refractivity contribution in [2.75, 3.05) is 11.9 Å². The second-order valence-corrected chi connectivity index (χ2v) is 5.99. The summed E-state index contributed by atoms with van der Waals surface area (Å²) < 4.78 is 1.12. The Morgan fingerprint density at radius 3 is 2.86 bits per heavy atom. The quantitative estimate of drug-likeness (QED) is 0.940. The third-order valence-electron chi connectivity index (χ3n) is 1.54. The molecule has 1 N–H and O–H groups in total. The average Bonchev–Trinajstić information content (AvgIpc) is 2.74. The summed E-state index contributed by atoms with van der Waals surface area (Å²) in [6.07, 6.45) is 0. The van der Waals surface area contributed by atoms with Crippen LogP contribution in [0.15, 0.2) is 15.9 Å². The van der Waals surface area contributed by atoms with Gasteiger partial charge in [0.15, 0.2) is 5.01 Å². The maximum Gasteiger partial charge on any atom is 0.206 e. The van der Waals surface area contributed by atoms with Crippen LogP contribution >= 0.6 is 38.6 Å². The van der Waals surface area contributed by atoms with Crippen molar-refractivity contribution < 1.29 is 0 Å². The second-order valence-electron chi connectivity index (χ2n) is 2.55. The van der Waals surface area contributed by atoms with E-state index < -0.39 is 0 Å². The lowest BCUT2D eigenvalue weighted by Gasteiger charge is -1.91. The molecule has 2 heterocycles. The Morgan fingerprint density at radius 1 is 1.36 bits per heavy atom. The molecule has 0 aromatic carbocycles. The summed E-state index contributed by atoms with van der Waals surface area (Å²) in [5.74, 6) is 0. The topological polar surface area (TPSA) is 37.8 Å². The molecule has 3 nitrogen and oxygen atoms in total. The maximum atomic E-state index is 4.11. The highest BCUT2D eigenvalue weighted by molar-refractivity contribution is 9.11. The minimum atomic E-state index is 0.878. The van der Waals surface area contributed by atoms with Gasteiger partial charge in [0.25, 0.3) is 0 Å². The highest BCUT2D eigenvalue weighted by Crippen LogP contribution is 2.34. The van der Waals surface area contributed by atoms with Crippen LogP contribution in [0.25, 0.3) is 9.88 Å². The molecule has 0 atom stereocenters. The molecule has 2 rings (SSSR count). The molecule has 0 bridgehead atoms. The molecule has 0 aliphatic carbocycles. The van der Waals surface area contributed by atoms with Crippen molar-refractivity contribution in [3.05, 3.63) is 15.9 Å². The zero-order chi connectivity index (χ0) is 9.97. The van der Waals surface area contributed by atoms with Crippen molar-refractivity contribution in [3.8, 4) is 9.88 Å². The van der Waals surface area contributed by atoms with Crippen molar-refractivity contribution in [1.82, 2.24) is 10.2 Å². The van der Waals surface area contributed by atoms with Crippen molar-refractivity contribution in [3.63, 3.8) is 0 Å². The van der Waals surface area contributed by atoms with Gasteiger partial charge in [-0.2, -0.15) is 0 Å². The van der Waals surface area contributed by atoms with Crippen LogP contribution in [0.2, 0.25) is 0 Å². The fourth-order valence-corrected chi connectivity index (χ4v) is 3.22. The largest absolute Gasteiger partial charge is 0.360 e. The predicted molar refractivity (Wildman–Crippen MR) is 65.1 cm³/mol. The Kier molecular flexibility index (Phi) is 3.15. The standard InChI is InChI=1S/C8H8BrN3S2/c1-2-10-8-12-11-7(14-8)5-3-4-6(9)13-5/h3-4H,2H2,1H3,(H,10,12). The number of rotatable bonds is 3. The van der Waals surface area contributed by atoms with E-state index >= 15 is 0 Å². The number of hydrogen-bond acceptors (Lipinski definition) is 5. The van der Waals surface area contributed by atoms with Crippen LogP contribution in [0, 0.1) is 0 Å². The molecule has 0 radical (unpaired) electrons. The summed E-state index contributed by atoms with van der Waals surface area (Å²) in [6, 6.07) is 4.07. The molecular weight excluding hydrogens is 282 g/mol. The number of aromatic nitrogens is 2. The molecule has 0 fully saturated rings. The fourth-order valence-electron chi connectivity index (χ4n) is 0.975. The van der Waals surface area contributed by atoms with Crippen LogP contribution in [0.4, 0.5) is 5.13 Å². The Labute approximate surface area is 98.3 Å². The van der Waals surface area contributed by atoms with Crippen molar-refractivity contribution >= 4 is 43.7 Å². The van der Waals surface area contributed by atoms with E-state index in [1.165, 1.54) is 0 Å². The van der Waals surface area contributed by atoms with Crippen LogP contribution in [-0.2, 0) is 0 Å². The molecule has 0 amide bonds. The minimum absolute atomic E-state index is 0.878. The third-order valence-corrected chi connectivity index (χ3v) is 4.21. The summed E-state index contributed by atoms with van der Waals surface area (Å²) in [4.78, 5) is 1.15. The summed E-state index contributed by atoms with van der Waals surface area (Å²) in [7, 11) is 0. The monoisotopic (exact) mass is 289 g/mol. The van der Waals surface area contributed by atoms with E-state index in [1.807, 2.05) is 19.1 Å². The van der Waals surface area contributed by atoms with E-state index in [4.69, 9.17) is 0 Å². The van der Waals surface area contributed by atoms with Gasteiger partial charge in [-0.15, -0.1) is 21.5 Å². The SMILES string of the molecule is CCNc1nnc(-c2ccc(Br)s2)s1. The lowest BCUT2D eigenvalue weighted by Crippen LogP contribution is -1.94. The molecule has 0 saturated carbocycles. The Bertz CT molecular complexity index is 424. The molecule has 0 aliphatic rings. The van der Waals surface area contributed by atoms with E-state index in [-0.39, 0.29) is 0 Å². The first-order valence-corrected chi connectivity index (χ1v) is 6.55. The Morgan fingerprint density at radius 2 is 2.21 bits per heavy atom. The van der Waals surface area contributed by atoms with E-state index in [0.717, 1.165) is 25.3 Å². The maximum absolute atomic E-state index is 4.11. The van der Waals surface area contributed by atoms with E-state index in [0.29, 0.717) is 0 Å². The number of nitrogens with zero attached hydrogens (tertiary/aromatic N) is 2. The van der Waals surface area contributed by atoms with Gasteiger partial charge in [-0.3, -0.25) is 0 Å². The lowest BCUT2D eigenvalue weighted by atomic mass is 10.5. The smallest absolute Gasteiger partial charge is 0.206 e. The van der Waals surface area contributed by atoms with Gasteiger partial charge in [0, 0.05) is 6.54 Å². The molecule has 0 unspecified atom stereocenters. The second kappa shape index (κ2) is 4.37. The van der Waals surface area contributed by atoms with E-state index in [1.54, 1.807) is 22.7 Å². The van der Waals surface area contributed by atoms with Crippen molar-refractivity contribution in [1.29, 1.82) is 0 Å². The number of anilines is 1. The summed E-state index contributed by atoms with van der Waals surface area (Å²) in [5.41, 5.74) is 0. The molecule has 0 aliphatic heterocycles. The normalized spacial score (nSPS) is 10.4. The molecule has 14 heavy (non-hydrogen) atoms. The van der Waals surface area contributed by atoms with Crippen LogP contribution in [-0.4, -0.2) is 16.7 Å². The number of thiophene rings is 1. The van der Waals surface area contributed by atoms with Gasteiger partial charge in [-0.25, -0.2) is 0 Å². The summed E-state index contributed by atoms with van der Waals surface area (Å²) >= 11 is 6.68. The van der Waals surface area contributed by atoms with Crippen molar-refractivity contribution in [2.24, 2.45) is 0 Å². The number of nitrogens with one attached hydrogen (secondary N) is 1. The predicted octanol–water partition coefficient (Wildman–Crippen LogP) is 3.46. The first kappa shape index (κ1) is 10.1. The fraction of sp³-hybridized carbons (Fsp3) is 0.250. The molecular formula is C8H8BrN3S2. The van der Waals surface area contributed by atoms with Crippen LogP contribution in [0.5, 0.6) is 0 Å². The van der Waals surface area contributed by atoms with Gasteiger partial charge >= 0.3 is 0 Å². The van der Waals surface area contributed by atoms with Crippen LogP contribution in [0.1, 0.15) is 6.92 Å². The minimum Gasteiger partial charge on any atom is -0.360 e. The van der Waals surface area contributed by atoms with Crippen LogP contribution < -0.4 is 5.32 Å². The third kappa shape index (κ3) is 2.13. The Balaban J connectivity index is 2.24. The zero-order valence-electron chi connectivity index (χ0n) is 7.45. The van der Waals surface area contributed by atoms with Gasteiger partial charge in [0.05, 0.1) is 8.66 Å². The first-order valence-electron chi connectivity index (χ1n) is 4.12. The average molecular weight is 290 g/mol. The summed E-state index contributed by atoms with van der Waals surface area (Å²) in [5, 5.41) is 13.1. The highest BCUT2D eigenvalue weighted by Gasteiger charge is 2.07. The van der Waals surface area contributed by atoms with E-state index in [9.17, 15) is 0 Å².